The van der Waals surface area contributed by atoms with Crippen LogP contribution in [0.2, 0.25) is 0 Å². The van der Waals surface area contributed by atoms with Gasteiger partial charge < -0.3 is 5.32 Å². The van der Waals surface area contributed by atoms with E-state index in [1.54, 1.807) is 0 Å². The fourth-order valence-electron chi connectivity index (χ4n) is 2.93. The van der Waals surface area contributed by atoms with Gasteiger partial charge in [0, 0.05) is 16.0 Å². The van der Waals surface area contributed by atoms with Crippen LogP contribution < -0.4 is 5.32 Å². The van der Waals surface area contributed by atoms with E-state index < -0.39 is 18.1 Å². The highest BCUT2D eigenvalue weighted by Crippen LogP contribution is 2.59. The first-order chi connectivity index (χ1) is 10.3. The predicted octanol–water partition coefficient (Wildman–Crippen LogP) is 4.60. The van der Waals surface area contributed by atoms with Crippen LogP contribution in [0.3, 0.4) is 0 Å². The van der Waals surface area contributed by atoms with E-state index in [-0.39, 0.29) is 4.08 Å². The number of fused-ring (bicyclic) bond motifs is 2. The first-order valence-electron chi connectivity index (χ1n) is 6.77. The van der Waals surface area contributed by atoms with E-state index in [9.17, 15) is 18.0 Å². The highest BCUT2D eigenvalue weighted by molar-refractivity contribution is 9.10. The fourth-order valence-corrected chi connectivity index (χ4v) is 6.64. The van der Waals surface area contributed by atoms with E-state index in [0.717, 1.165) is 33.5 Å². The van der Waals surface area contributed by atoms with Gasteiger partial charge in [-0.25, -0.2) is 0 Å². The molecule has 1 aliphatic carbocycles. The van der Waals surface area contributed by atoms with E-state index >= 15 is 0 Å². The van der Waals surface area contributed by atoms with Crippen LogP contribution in [0, 0.1) is 0 Å². The van der Waals surface area contributed by atoms with Crippen molar-refractivity contribution in [3.05, 3.63) is 33.8 Å². The summed E-state index contributed by atoms with van der Waals surface area (Å²) in [5.74, 6) is 0.209. The first kappa shape index (κ1) is 16.5. The zero-order valence-electron chi connectivity index (χ0n) is 11.4. The standard InChI is InChI=1S/C14H13BrF3NOS2/c15-8-1-2-9-10(7-8)13(21-5-6-22-13)4-3-11(9)19-12(20)14(16,17)18/h1-2,7,11H,3-6H2,(H,19,20). The van der Waals surface area contributed by atoms with Gasteiger partial charge in [-0.15, -0.1) is 23.5 Å². The smallest absolute Gasteiger partial charge is 0.341 e. The van der Waals surface area contributed by atoms with Crippen molar-refractivity contribution in [2.24, 2.45) is 0 Å². The maximum atomic E-state index is 12.5. The Labute approximate surface area is 143 Å². The zero-order valence-corrected chi connectivity index (χ0v) is 14.6. The molecule has 1 heterocycles. The number of amides is 1. The van der Waals surface area contributed by atoms with Crippen LogP contribution in [-0.2, 0) is 8.87 Å². The summed E-state index contributed by atoms with van der Waals surface area (Å²) >= 11 is 7.14. The quantitative estimate of drug-likeness (QED) is 0.732. The molecule has 0 bridgehead atoms. The van der Waals surface area contributed by atoms with Gasteiger partial charge in [-0.05, 0) is 36.1 Å². The number of thioether (sulfide) groups is 2. The monoisotopic (exact) mass is 411 g/mol. The second kappa shape index (κ2) is 5.94. The molecule has 1 aliphatic heterocycles. The molecule has 1 unspecified atom stereocenters. The van der Waals surface area contributed by atoms with E-state index in [0.29, 0.717) is 6.42 Å². The van der Waals surface area contributed by atoms with Crippen LogP contribution in [0.4, 0.5) is 13.2 Å². The van der Waals surface area contributed by atoms with Crippen molar-refractivity contribution >= 4 is 45.4 Å². The largest absolute Gasteiger partial charge is 0.471 e. The highest BCUT2D eigenvalue weighted by Gasteiger charge is 2.46. The van der Waals surface area contributed by atoms with E-state index in [4.69, 9.17) is 0 Å². The lowest BCUT2D eigenvalue weighted by Crippen LogP contribution is -2.41. The minimum Gasteiger partial charge on any atom is -0.341 e. The lowest BCUT2D eigenvalue weighted by atomic mass is 9.86. The number of nitrogens with one attached hydrogen (secondary N) is 1. The van der Waals surface area contributed by atoms with Gasteiger partial charge in [0.15, 0.2) is 0 Å². The van der Waals surface area contributed by atoms with E-state index in [1.807, 2.05) is 41.7 Å². The Balaban J connectivity index is 1.94. The van der Waals surface area contributed by atoms with Gasteiger partial charge in [0.25, 0.3) is 0 Å². The van der Waals surface area contributed by atoms with E-state index in [1.165, 1.54) is 0 Å². The number of halogens is 4. The first-order valence-corrected chi connectivity index (χ1v) is 9.54. The molecule has 1 saturated heterocycles. The summed E-state index contributed by atoms with van der Waals surface area (Å²) in [4.78, 5) is 11.3. The third kappa shape index (κ3) is 3.01. The molecule has 0 saturated carbocycles. The van der Waals surface area contributed by atoms with Gasteiger partial charge in [-0.1, -0.05) is 22.0 Å². The van der Waals surface area contributed by atoms with Crippen molar-refractivity contribution in [2.75, 3.05) is 11.5 Å². The average molecular weight is 412 g/mol. The van der Waals surface area contributed by atoms with Crippen LogP contribution in [0.1, 0.15) is 30.0 Å². The summed E-state index contributed by atoms with van der Waals surface area (Å²) < 4.78 is 38.4. The summed E-state index contributed by atoms with van der Waals surface area (Å²) in [6, 6.07) is 5.03. The molecule has 2 aliphatic rings. The summed E-state index contributed by atoms with van der Waals surface area (Å²) in [5.41, 5.74) is 1.84. The topological polar surface area (TPSA) is 29.1 Å². The Morgan fingerprint density at radius 1 is 1.32 bits per heavy atom. The Hall–Kier alpha value is -0.340. The number of hydrogen-bond acceptors (Lipinski definition) is 3. The maximum Gasteiger partial charge on any atom is 0.471 e. The van der Waals surface area contributed by atoms with Gasteiger partial charge in [0.2, 0.25) is 0 Å². The van der Waals surface area contributed by atoms with Gasteiger partial charge in [0.1, 0.15) is 0 Å². The van der Waals surface area contributed by atoms with Crippen molar-refractivity contribution in [1.29, 1.82) is 0 Å². The highest BCUT2D eigenvalue weighted by atomic mass is 79.9. The van der Waals surface area contributed by atoms with Crippen LogP contribution >= 0.6 is 39.5 Å². The van der Waals surface area contributed by atoms with Crippen LogP contribution in [0.15, 0.2) is 22.7 Å². The summed E-state index contributed by atoms with van der Waals surface area (Å²) in [6.45, 7) is 0. The minimum absolute atomic E-state index is 0.0847. The molecule has 22 heavy (non-hydrogen) atoms. The molecule has 1 aromatic carbocycles. The molecule has 2 nitrogen and oxygen atoms in total. The van der Waals surface area contributed by atoms with Crippen LogP contribution in [0.25, 0.3) is 0 Å². The summed E-state index contributed by atoms with van der Waals surface area (Å²) in [5, 5.41) is 2.14. The molecule has 1 spiro atoms. The number of carbonyl (C=O) groups excluding carboxylic acids is 1. The molecule has 1 fully saturated rings. The van der Waals surface area contributed by atoms with Gasteiger partial charge >= 0.3 is 12.1 Å². The Morgan fingerprint density at radius 3 is 2.64 bits per heavy atom. The van der Waals surface area contributed by atoms with Crippen molar-refractivity contribution in [2.45, 2.75) is 29.1 Å². The van der Waals surface area contributed by atoms with Crippen molar-refractivity contribution in [3.8, 4) is 0 Å². The predicted molar refractivity (Wildman–Crippen MR) is 86.9 cm³/mol. The number of rotatable bonds is 1. The second-order valence-electron chi connectivity index (χ2n) is 5.24. The molecule has 1 amide bonds. The van der Waals surface area contributed by atoms with Gasteiger partial charge in [-0.2, -0.15) is 13.2 Å². The normalized spacial score (nSPS) is 23.4. The minimum atomic E-state index is -4.85. The molecular formula is C14H13BrF3NOS2. The molecule has 3 rings (SSSR count). The summed E-state index contributed by atoms with van der Waals surface area (Å²) in [6.07, 6.45) is -3.56. The van der Waals surface area contributed by atoms with Crippen LogP contribution in [0.5, 0.6) is 0 Å². The molecular weight excluding hydrogens is 399 g/mol. The third-order valence-corrected chi connectivity index (χ3v) is 7.94. The Bertz CT molecular complexity index is 602. The lowest BCUT2D eigenvalue weighted by molar-refractivity contribution is -0.174. The van der Waals surface area contributed by atoms with Crippen molar-refractivity contribution < 1.29 is 18.0 Å². The van der Waals surface area contributed by atoms with Crippen molar-refractivity contribution in [1.82, 2.24) is 5.32 Å². The molecule has 8 heteroatoms. The third-order valence-electron chi connectivity index (χ3n) is 3.88. The zero-order chi connectivity index (χ0) is 16.0. The molecule has 1 aromatic rings. The number of benzene rings is 1. The molecule has 120 valence electrons. The molecule has 0 aromatic heterocycles. The number of hydrogen-bond donors (Lipinski definition) is 1. The lowest BCUT2D eigenvalue weighted by Gasteiger charge is -2.38. The SMILES string of the molecule is O=C(NC1CCC2(SCCS2)c2cc(Br)ccc21)C(F)(F)F. The number of alkyl halides is 3. The Morgan fingerprint density at radius 2 is 2.00 bits per heavy atom. The average Bonchev–Trinajstić information content (AvgIpc) is 2.91. The maximum absolute atomic E-state index is 12.5. The van der Waals surface area contributed by atoms with Gasteiger partial charge in [-0.3, -0.25) is 4.79 Å². The molecule has 0 radical (unpaired) electrons. The fraction of sp³-hybridized carbons (Fsp3) is 0.500. The second-order valence-corrected chi connectivity index (χ2v) is 9.21. The van der Waals surface area contributed by atoms with Gasteiger partial charge in [0.05, 0.1) is 10.1 Å². The summed E-state index contributed by atoms with van der Waals surface area (Å²) in [7, 11) is 0. The Kier molecular flexibility index (Phi) is 4.46. The van der Waals surface area contributed by atoms with Crippen LogP contribution in [-0.4, -0.2) is 23.6 Å². The van der Waals surface area contributed by atoms with Crippen molar-refractivity contribution in [3.63, 3.8) is 0 Å². The van der Waals surface area contributed by atoms with E-state index in [2.05, 4.69) is 21.2 Å². The molecule has 1 N–H and O–H groups in total. The number of carbonyl (C=O) groups is 1. The molecule has 1 atom stereocenters.